The van der Waals surface area contributed by atoms with E-state index in [1.54, 1.807) is 11.3 Å². The standard InChI is InChI=1S/C13H13IN2OS/c1-8(9-3-2-4-11(15)5-9)16-13(17)10-6-12(14)18-7-10/h2-8H,15H2,1H3,(H,16,17). The Balaban J connectivity index is 2.07. The molecule has 0 aliphatic carbocycles. The molecule has 0 aliphatic rings. The van der Waals surface area contributed by atoms with Gasteiger partial charge in [0.1, 0.15) is 0 Å². The van der Waals surface area contributed by atoms with Crippen molar-refractivity contribution >= 4 is 45.5 Å². The van der Waals surface area contributed by atoms with Crippen LogP contribution < -0.4 is 11.1 Å². The van der Waals surface area contributed by atoms with Gasteiger partial charge in [-0.25, -0.2) is 0 Å². The molecule has 1 aromatic heterocycles. The molecule has 94 valence electrons. The summed E-state index contributed by atoms with van der Waals surface area (Å²) in [6.45, 7) is 1.95. The van der Waals surface area contributed by atoms with Crippen LogP contribution in [0.2, 0.25) is 0 Å². The lowest BCUT2D eigenvalue weighted by Gasteiger charge is -2.14. The first-order valence-corrected chi connectivity index (χ1v) is 7.42. The summed E-state index contributed by atoms with van der Waals surface area (Å²) in [5.74, 6) is -0.0518. The zero-order valence-electron chi connectivity index (χ0n) is 9.81. The van der Waals surface area contributed by atoms with Gasteiger partial charge in [0, 0.05) is 11.1 Å². The molecule has 1 unspecified atom stereocenters. The van der Waals surface area contributed by atoms with E-state index < -0.39 is 0 Å². The third-order valence-electron chi connectivity index (χ3n) is 2.59. The number of benzene rings is 1. The summed E-state index contributed by atoms with van der Waals surface area (Å²) >= 11 is 3.77. The van der Waals surface area contributed by atoms with Crippen molar-refractivity contribution in [2.45, 2.75) is 13.0 Å². The molecule has 2 aromatic rings. The van der Waals surface area contributed by atoms with E-state index in [0.717, 1.165) is 8.45 Å². The number of anilines is 1. The van der Waals surface area contributed by atoms with Gasteiger partial charge in [-0.05, 0) is 53.3 Å². The fourth-order valence-corrected chi connectivity index (χ4v) is 2.95. The molecule has 18 heavy (non-hydrogen) atoms. The summed E-state index contributed by atoms with van der Waals surface area (Å²) in [6.07, 6.45) is 0. The summed E-state index contributed by atoms with van der Waals surface area (Å²) in [4.78, 5) is 12.0. The Kier molecular flexibility index (Phi) is 4.23. The van der Waals surface area contributed by atoms with Gasteiger partial charge in [-0.15, -0.1) is 11.3 Å². The highest BCUT2D eigenvalue weighted by molar-refractivity contribution is 14.1. The van der Waals surface area contributed by atoms with Gasteiger partial charge >= 0.3 is 0 Å². The van der Waals surface area contributed by atoms with Crippen molar-refractivity contribution in [3.05, 3.63) is 49.7 Å². The number of thiophene rings is 1. The molecule has 3 N–H and O–H groups in total. The van der Waals surface area contributed by atoms with Crippen molar-refractivity contribution in [3.63, 3.8) is 0 Å². The fraction of sp³-hybridized carbons (Fsp3) is 0.154. The predicted octanol–water partition coefficient (Wildman–Crippen LogP) is 3.43. The minimum Gasteiger partial charge on any atom is -0.399 e. The largest absolute Gasteiger partial charge is 0.399 e. The van der Waals surface area contributed by atoms with Crippen LogP contribution >= 0.6 is 33.9 Å². The van der Waals surface area contributed by atoms with Crippen LogP contribution in [0.5, 0.6) is 0 Å². The smallest absolute Gasteiger partial charge is 0.252 e. The minimum atomic E-state index is -0.0569. The maximum absolute atomic E-state index is 12.0. The van der Waals surface area contributed by atoms with Gasteiger partial charge in [0.25, 0.3) is 5.91 Å². The molecule has 0 aliphatic heterocycles. The summed E-state index contributed by atoms with van der Waals surface area (Å²) < 4.78 is 1.11. The van der Waals surface area contributed by atoms with E-state index in [-0.39, 0.29) is 11.9 Å². The van der Waals surface area contributed by atoms with Crippen LogP contribution in [0.25, 0.3) is 0 Å². The van der Waals surface area contributed by atoms with Crippen molar-refractivity contribution in [2.75, 3.05) is 5.73 Å². The summed E-state index contributed by atoms with van der Waals surface area (Å²) in [5, 5.41) is 4.83. The lowest BCUT2D eigenvalue weighted by molar-refractivity contribution is 0.0940. The highest BCUT2D eigenvalue weighted by Crippen LogP contribution is 2.19. The van der Waals surface area contributed by atoms with E-state index in [1.165, 1.54) is 0 Å². The van der Waals surface area contributed by atoms with Crippen LogP contribution in [0.4, 0.5) is 5.69 Å². The number of hydrogen-bond acceptors (Lipinski definition) is 3. The summed E-state index contributed by atoms with van der Waals surface area (Å²) in [5.41, 5.74) is 8.15. The Morgan fingerprint density at radius 3 is 2.83 bits per heavy atom. The average Bonchev–Trinajstić information content (AvgIpc) is 2.76. The lowest BCUT2D eigenvalue weighted by atomic mass is 10.1. The molecule has 2 rings (SSSR count). The predicted molar refractivity (Wildman–Crippen MR) is 83.8 cm³/mol. The van der Waals surface area contributed by atoms with E-state index in [9.17, 15) is 4.79 Å². The van der Waals surface area contributed by atoms with Crippen LogP contribution in [0.1, 0.15) is 28.9 Å². The zero-order chi connectivity index (χ0) is 13.1. The van der Waals surface area contributed by atoms with Crippen molar-refractivity contribution in [2.24, 2.45) is 0 Å². The molecular weight excluding hydrogens is 359 g/mol. The van der Waals surface area contributed by atoms with Gasteiger partial charge < -0.3 is 11.1 Å². The number of nitrogens with two attached hydrogens (primary N) is 1. The second-order valence-electron chi connectivity index (χ2n) is 4.00. The molecule has 0 saturated heterocycles. The Labute approximate surface area is 124 Å². The van der Waals surface area contributed by atoms with Gasteiger partial charge in [0.2, 0.25) is 0 Å². The lowest BCUT2D eigenvalue weighted by Crippen LogP contribution is -2.26. The normalized spacial score (nSPS) is 12.1. The first-order valence-electron chi connectivity index (χ1n) is 5.46. The number of hydrogen-bond donors (Lipinski definition) is 2. The van der Waals surface area contributed by atoms with E-state index >= 15 is 0 Å². The maximum Gasteiger partial charge on any atom is 0.252 e. The average molecular weight is 372 g/mol. The number of carbonyl (C=O) groups excluding carboxylic acids is 1. The van der Waals surface area contributed by atoms with E-state index in [0.29, 0.717) is 11.3 Å². The van der Waals surface area contributed by atoms with Crippen LogP contribution in [0, 0.1) is 2.88 Å². The summed E-state index contributed by atoms with van der Waals surface area (Å²) in [6, 6.07) is 9.38. The molecule has 1 heterocycles. The number of carbonyl (C=O) groups is 1. The molecule has 1 aromatic carbocycles. The number of amides is 1. The Bertz CT molecular complexity index is 568. The molecule has 0 radical (unpaired) electrons. The molecule has 0 fully saturated rings. The number of nitrogen functional groups attached to an aromatic ring is 1. The topological polar surface area (TPSA) is 55.1 Å². The third-order valence-corrected chi connectivity index (χ3v) is 4.38. The SMILES string of the molecule is CC(NC(=O)c1csc(I)c1)c1cccc(N)c1. The van der Waals surface area contributed by atoms with E-state index in [4.69, 9.17) is 5.73 Å². The van der Waals surface area contributed by atoms with Gasteiger partial charge in [-0.3, -0.25) is 4.79 Å². The van der Waals surface area contributed by atoms with Gasteiger partial charge in [0.15, 0.2) is 0 Å². The molecule has 1 amide bonds. The first kappa shape index (κ1) is 13.4. The van der Waals surface area contributed by atoms with Gasteiger partial charge in [0.05, 0.1) is 14.5 Å². The molecule has 5 heteroatoms. The molecule has 0 saturated carbocycles. The van der Waals surface area contributed by atoms with E-state index in [2.05, 4.69) is 27.9 Å². The third kappa shape index (κ3) is 3.23. The molecule has 3 nitrogen and oxygen atoms in total. The Morgan fingerprint density at radius 2 is 2.22 bits per heavy atom. The van der Waals surface area contributed by atoms with Crippen molar-refractivity contribution in [1.29, 1.82) is 0 Å². The quantitative estimate of drug-likeness (QED) is 0.641. The number of halogens is 1. The number of nitrogens with one attached hydrogen (secondary N) is 1. The summed E-state index contributed by atoms with van der Waals surface area (Å²) in [7, 11) is 0. The molecule has 0 spiro atoms. The first-order chi connectivity index (χ1) is 8.56. The van der Waals surface area contributed by atoms with Crippen molar-refractivity contribution < 1.29 is 4.79 Å². The van der Waals surface area contributed by atoms with Crippen molar-refractivity contribution in [3.8, 4) is 0 Å². The zero-order valence-corrected chi connectivity index (χ0v) is 12.8. The van der Waals surface area contributed by atoms with Crippen LogP contribution in [-0.2, 0) is 0 Å². The Morgan fingerprint density at radius 1 is 1.44 bits per heavy atom. The van der Waals surface area contributed by atoms with Gasteiger partial charge in [-0.1, -0.05) is 12.1 Å². The molecular formula is C13H13IN2OS. The van der Waals surface area contributed by atoms with Crippen LogP contribution in [0.3, 0.4) is 0 Å². The highest BCUT2D eigenvalue weighted by Gasteiger charge is 2.12. The fourth-order valence-electron chi connectivity index (χ4n) is 1.62. The maximum atomic E-state index is 12.0. The second kappa shape index (κ2) is 5.71. The minimum absolute atomic E-state index is 0.0518. The molecule has 1 atom stereocenters. The second-order valence-corrected chi connectivity index (χ2v) is 6.81. The number of rotatable bonds is 3. The van der Waals surface area contributed by atoms with Crippen LogP contribution in [-0.4, -0.2) is 5.91 Å². The van der Waals surface area contributed by atoms with Gasteiger partial charge in [-0.2, -0.15) is 0 Å². The van der Waals surface area contributed by atoms with Crippen molar-refractivity contribution in [1.82, 2.24) is 5.32 Å². The highest BCUT2D eigenvalue weighted by atomic mass is 127. The monoisotopic (exact) mass is 372 g/mol. The molecule has 0 bridgehead atoms. The Hall–Kier alpha value is -1.08. The van der Waals surface area contributed by atoms with E-state index in [1.807, 2.05) is 42.6 Å². The van der Waals surface area contributed by atoms with Crippen LogP contribution in [0.15, 0.2) is 35.7 Å².